The average molecular weight is 454 g/mol. The number of likely N-dealkylation sites (tertiary alicyclic amines) is 1. The van der Waals surface area contributed by atoms with E-state index >= 15 is 0 Å². The number of benzene rings is 2. The summed E-state index contributed by atoms with van der Waals surface area (Å²) in [6.07, 6.45) is -3.04. The number of amides is 1. The number of nitrogen functional groups attached to an aromatic ring is 1. The van der Waals surface area contributed by atoms with E-state index in [2.05, 4.69) is 0 Å². The largest absolute Gasteiger partial charge is 0.416 e. The number of hydrogen-bond acceptors (Lipinski definition) is 3. The van der Waals surface area contributed by atoms with Gasteiger partial charge in [0.15, 0.2) is 0 Å². The van der Waals surface area contributed by atoms with Crippen LogP contribution in [0.2, 0.25) is 5.02 Å². The topological polar surface area (TPSA) is 49.6 Å². The molecule has 1 heterocycles. The zero-order valence-corrected chi connectivity index (χ0v) is 18.4. The van der Waals surface area contributed by atoms with Crippen molar-refractivity contribution in [3.8, 4) is 0 Å². The van der Waals surface area contributed by atoms with Crippen LogP contribution in [0.4, 0.5) is 24.5 Å². The van der Waals surface area contributed by atoms with Crippen molar-refractivity contribution in [2.75, 3.05) is 23.7 Å². The lowest BCUT2D eigenvalue weighted by Gasteiger charge is -2.33. The van der Waals surface area contributed by atoms with Gasteiger partial charge in [0.05, 0.1) is 16.3 Å². The van der Waals surface area contributed by atoms with Crippen LogP contribution in [0.25, 0.3) is 0 Å². The molecule has 3 rings (SSSR count). The van der Waals surface area contributed by atoms with Gasteiger partial charge in [0.1, 0.15) is 0 Å². The van der Waals surface area contributed by atoms with Gasteiger partial charge in [-0.05, 0) is 42.7 Å². The first-order valence-corrected chi connectivity index (χ1v) is 10.7. The molecule has 168 valence electrons. The molecule has 1 aliphatic rings. The van der Waals surface area contributed by atoms with Crippen LogP contribution in [0, 0.1) is 5.92 Å². The number of anilines is 2. The summed E-state index contributed by atoms with van der Waals surface area (Å²) in [5.74, 6) is 0.0000960. The Balaban J connectivity index is 1.94. The zero-order valence-electron chi connectivity index (χ0n) is 17.6. The number of hydrogen-bond donors (Lipinski definition) is 1. The van der Waals surface area contributed by atoms with Crippen molar-refractivity contribution in [3.63, 3.8) is 0 Å². The molecule has 31 heavy (non-hydrogen) atoms. The van der Waals surface area contributed by atoms with Gasteiger partial charge in [-0.25, -0.2) is 0 Å². The van der Waals surface area contributed by atoms with Crippen molar-refractivity contribution in [2.24, 2.45) is 5.92 Å². The van der Waals surface area contributed by atoms with E-state index in [1.165, 1.54) is 12.1 Å². The lowest BCUT2D eigenvalue weighted by molar-refractivity contribution is -0.138. The van der Waals surface area contributed by atoms with E-state index in [-0.39, 0.29) is 30.0 Å². The standard InChI is InChI=1S/C23H27ClF3N3O/c1-3-15(2)22(31)29-11-10-18(14-29)30(17-8-9-21(28)20(24)12-17)13-16-6-4-5-7-19(16)23(25,26)27/h4-9,12,15,18H,3,10-11,13-14,28H2,1-2H3/t15?,18-/m0/s1. The van der Waals surface area contributed by atoms with Crippen LogP contribution in [0.15, 0.2) is 42.5 Å². The Bertz CT molecular complexity index is 935. The maximum atomic E-state index is 13.6. The van der Waals surface area contributed by atoms with Gasteiger partial charge in [0.2, 0.25) is 5.91 Å². The number of carbonyl (C=O) groups excluding carboxylic acids is 1. The van der Waals surface area contributed by atoms with E-state index in [1.54, 1.807) is 29.2 Å². The first-order valence-electron chi connectivity index (χ1n) is 10.4. The fourth-order valence-corrected chi connectivity index (χ4v) is 4.10. The zero-order chi connectivity index (χ0) is 22.8. The van der Waals surface area contributed by atoms with Crippen molar-refractivity contribution < 1.29 is 18.0 Å². The van der Waals surface area contributed by atoms with Crippen LogP contribution >= 0.6 is 11.6 Å². The number of halogens is 4. The molecule has 0 aliphatic carbocycles. The smallest absolute Gasteiger partial charge is 0.398 e. The highest BCUT2D eigenvalue weighted by molar-refractivity contribution is 6.33. The van der Waals surface area contributed by atoms with E-state index < -0.39 is 11.7 Å². The molecular formula is C23H27ClF3N3O. The molecule has 2 aromatic rings. The highest BCUT2D eigenvalue weighted by Crippen LogP contribution is 2.35. The van der Waals surface area contributed by atoms with Gasteiger partial charge in [-0.2, -0.15) is 13.2 Å². The van der Waals surface area contributed by atoms with Crippen LogP contribution in [-0.2, 0) is 17.5 Å². The summed E-state index contributed by atoms with van der Waals surface area (Å²) in [6, 6.07) is 10.5. The summed E-state index contributed by atoms with van der Waals surface area (Å²) in [5, 5.41) is 0.345. The predicted molar refractivity (Wildman–Crippen MR) is 118 cm³/mol. The summed E-state index contributed by atoms with van der Waals surface area (Å²) in [6.45, 7) is 4.94. The Kier molecular flexibility index (Phi) is 7.04. The maximum absolute atomic E-state index is 13.6. The van der Waals surface area contributed by atoms with Crippen molar-refractivity contribution >= 4 is 28.9 Å². The number of rotatable bonds is 6. The molecule has 0 bridgehead atoms. The molecule has 0 spiro atoms. The van der Waals surface area contributed by atoms with Crippen molar-refractivity contribution in [2.45, 2.75) is 45.5 Å². The van der Waals surface area contributed by atoms with E-state index in [0.29, 0.717) is 35.9 Å². The Morgan fingerprint density at radius 1 is 1.29 bits per heavy atom. The van der Waals surface area contributed by atoms with Gasteiger partial charge in [-0.1, -0.05) is 43.6 Å². The van der Waals surface area contributed by atoms with Crippen molar-refractivity contribution in [3.05, 3.63) is 58.6 Å². The molecule has 2 atom stereocenters. The Morgan fingerprint density at radius 2 is 2.00 bits per heavy atom. The van der Waals surface area contributed by atoms with Gasteiger partial charge < -0.3 is 15.5 Å². The summed E-state index contributed by atoms with van der Waals surface area (Å²) in [7, 11) is 0. The number of nitrogens with zero attached hydrogens (tertiary/aromatic N) is 2. The van der Waals surface area contributed by atoms with Gasteiger partial charge in [0, 0.05) is 37.3 Å². The second-order valence-corrected chi connectivity index (χ2v) is 8.43. The molecule has 4 nitrogen and oxygen atoms in total. The molecule has 1 saturated heterocycles. The number of nitrogens with two attached hydrogens (primary N) is 1. The van der Waals surface area contributed by atoms with Gasteiger partial charge in [-0.15, -0.1) is 0 Å². The first kappa shape index (κ1) is 23.3. The van der Waals surface area contributed by atoms with Crippen molar-refractivity contribution in [1.82, 2.24) is 4.90 Å². The molecule has 1 unspecified atom stereocenters. The van der Waals surface area contributed by atoms with Crippen LogP contribution in [0.3, 0.4) is 0 Å². The van der Waals surface area contributed by atoms with E-state index in [1.807, 2.05) is 18.7 Å². The fourth-order valence-electron chi connectivity index (χ4n) is 3.93. The third-order valence-electron chi connectivity index (χ3n) is 5.93. The summed E-state index contributed by atoms with van der Waals surface area (Å²) >= 11 is 6.21. The molecule has 1 amide bonds. The quantitative estimate of drug-likeness (QED) is 0.579. The number of alkyl halides is 3. The molecule has 8 heteroatoms. The molecular weight excluding hydrogens is 427 g/mol. The van der Waals surface area contributed by atoms with Crippen LogP contribution in [-0.4, -0.2) is 29.9 Å². The lowest BCUT2D eigenvalue weighted by atomic mass is 10.0. The monoisotopic (exact) mass is 453 g/mol. The van der Waals surface area contributed by atoms with E-state index in [9.17, 15) is 18.0 Å². The normalized spacial score (nSPS) is 17.6. The lowest BCUT2D eigenvalue weighted by Crippen LogP contribution is -2.40. The SMILES string of the molecule is CCC(C)C(=O)N1CC[C@H](N(Cc2ccccc2C(F)(F)F)c2ccc(N)c(Cl)c2)C1. The van der Waals surface area contributed by atoms with Crippen molar-refractivity contribution in [1.29, 1.82) is 0 Å². The molecule has 0 aromatic heterocycles. The minimum atomic E-state index is -4.45. The van der Waals surface area contributed by atoms with Crippen LogP contribution in [0.1, 0.15) is 37.8 Å². The average Bonchev–Trinajstić information content (AvgIpc) is 3.22. The highest BCUT2D eigenvalue weighted by atomic mass is 35.5. The van der Waals surface area contributed by atoms with E-state index in [0.717, 1.165) is 12.5 Å². The second kappa shape index (κ2) is 9.39. The van der Waals surface area contributed by atoms with Gasteiger partial charge in [-0.3, -0.25) is 4.79 Å². The van der Waals surface area contributed by atoms with E-state index in [4.69, 9.17) is 17.3 Å². The summed E-state index contributed by atoms with van der Waals surface area (Å²) in [5.41, 5.74) is 6.43. The Labute approximate surface area is 185 Å². The molecule has 0 saturated carbocycles. The van der Waals surface area contributed by atoms with Crippen LogP contribution in [0.5, 0.6) is 0 Å². The van der Waals surface area contributed by atoms with Crippen LogP contribution < -0.4 is 10.6 Å². The predicted octanol–water partition coefficient (Wildman–Crippen LogP) is 5.59. The minimum Gasteiger partial charge on any atom is -0.398 e. The Morgan fingerprint density at radius 3 is 2.65 bits per heavy atom. The molecule has 0 radical (unpaired) electrons. The molecule has 1 aliphatic heterocycles. The maximum Gasteiger partial charge on any atom is 0.416 e. The second-order valence-electron chi connectivity index (χ2n) is 8.02. The molecule has 1 fully saturated rings. The minimum absolute atomic E-state index is 0.0476. The molecule has 2 aromatic carbocycles. The fraction of sp³-hybridized carbons (Fsp3) is 0.435. The van der Waals surface area contributed by atoms with Gasteiger partial charge in [0.25, 0.3) is 0 Å². The third-order valence-corrected chi connectivity index (χ3v) is 6.26. The molecule has 2 N–H and O–H groups in total. The number of carbonyl (C=O) groups is 1. The van der Waals surface area contributed by atoms with Gasteiger partial charge >= 0.3 is 6.18 Å². The third kappa shape index (κ3) is 5.26. The summed E-state index contributed by atoms with van der Waals surface area (Å²) in [4.78, 5) is 16.4. The highest BCUT2D eigenvalue weighted by Gasteiger charge is 2.36. The summed E-state index contributed by atoms with van der Waals surface area (Å²) < 4.78 is 40.7. The first-order chi connectivity index (χ1) is 14.6. The Hall–Kier alpha value is -2.41.